The Morgan fingerprint density at radius 1 is 1.44 bits per heavy atom. The van der Waals surface area contributed by atoms with Gasteiger partial charge in [-0.1, -0.05) is 11.6 Å². The van der Waals surface area contributed by atoms with Crippen molar-refractivity contribution in [2.75, 3.05) is 0 Å². The lowest BCUT2D eigenvalue weighted by atomic mass is 10.1. The van der Waals surface area contributed by atoms with Crippen LogP contribution in [0.5, 0.6) is 5.75 Å². The van der Waals surface area contributed by atoms with Gasteiger partial charge in [-0.15, -0.1) is 13.2 Å². The maximum atomic E-state index is 12.0. The molecule has 0 fully saturated rings. The lowest BCUT2D eigenvalue weighted by molar-refractivity contribution is -0.274. The molecule has 88 valence electrons. The van der Waals surface area contributed by atoms with E-state index in [2.05, 4.69) is 4.74 Å². The summed E-state index contributed by atoms with van der Waals surface area (Å²) in [6, 6.07) is 2.22. The smallest absolute Gasteiger partial charge is 0.405 e. The van der Waals surface area contributed by atoms with Gasteiger partial charge in [0.1, 0.15) is 5.75 Å². The van der Waals surface area contributed by atoms with Crippen LogP contribution in [0.3, 0.4) is 0 Å². The number of benzene rings is 1. The van der Waals surface area contributed by atoms with Gasteiger partial charge in [-0.3, -0.25) is 4.79 Å². The molecule has 1 aromatic rings. The van der Waals surface area contributed by atoms with Crippen LogP contribution in [-0.2, 0) is 0 Å². The fourth-order valence-electron chi connectivity index (χ4n) is 1.23. The molecule has 0 saturated carbocycles. The number of ether oxygens (including phenoxy) is 1. The summed E-state index contributed by atoms with van der Waals surface area (Å²) in [5, 5.41) is 0.0294. The van der Waals surface area contributed by atoms with Gasteiger partial charge in [-0.05, 0) is 24.6 Å². The van der Waals surface area contributed by atoms with Gasteiger partial charge >= 0.3 is 6.36 Å². The van der Waals surface area contributed by atoms with Crippen LogP contribution in [-0.4, -0.2) is 12.3 Å². The molecule has 1 aromatic carbocycles. The fourth-order valence-corrected chi connectivity index (χ4v) is 1.50. The van der Waals surface area contributed by atoms with Crippen molar-refractivity contribution < 1.29 is 22.7 Å². The number of aryl methyl sites for hydroxylation is 1. The first-order chi connectivity index (χ1) is 7.20. The zero-order valence-corrected chi connectivity index (χ0v) is 8.82. The lowest BCUT2D eigenvalue weighted by Gasteiger charge is -2.13. The van der Waals surface area contributed by atoms with Crippen molar-refractivity contribution in [2.24, 2.45) is 5.73 Å². The number of hydrogen-bond acceptors (Lipinski definition) is 2. The number of nitrogens with two attached hydrogens (primary N) is 1. The largest absolute Gasteiger partial charge is 0.573 e. The summed E-state index contributed by atoms with van der Waals surface area (Å²) in [7, 11) is 0. The summed E-state index contributed by atoms with van der Waals surface area (Å²) in [4.78, 5) is 11.0. The number of hydrogen-bond donors (Lipinski definition) is 1. The highest BCUT2D eigenvalue weighted by Gasteiger charge is 2.33. The molecule has 0 aromatic heterocycles. The summed E-state index contributed by atoms with van der Waals surface area (Å²) in [5.41, 5.74) is 4.84. The molecule has 0 aliphatic rings. The monoisotopic (exact) mass is 253 g/mol. The third kappa shape index (κ3) is 3.03. The number of carbonyl (C=O) groups is 1. The first-order valence-electron chi connectivity index (χ1n) is 4.06. The van der Waals surface area contributed by atoms with Gasteiger partial charge in [0.05, 0.1) is 5.56 Å². The summed E-state index contributed by atoms with van der Waals surface area (Å²) in [5.74, 6) is -1.70. The molecule has 0 atom stereocenters. The predicted octanol–water partition coefficient (Wildman–Crippen LogP) is 2.65. The van der Waals surface area contributed by atoms with Gasteiger partial charge in [0, 0.05) is 5.02 Å². The van der Waals surface area contributed by atoms with Crippen molar-refractivity contribution in [3.8, 4) is 5.75 Å². The zero-order chi connectivity index (χ0) is 12.5. The van der Waals surface area contributed by atoms with E-state index in [0.717, 1.165) is 6.07 Å². The average molecular weight is 254 g/mol. The molecule has 2 N–H and O–H groups in total. The Morgan fingerprint density at radius 2 is 2.00 bits per heavy atom. The third-order valence-corrected chi connectivity index (χ3v) is 1.95. The van der Waals surface area contributed by atoms with E-state index < -0.39 is 18.0 Å². The second kappa shape index (κ2) is 4.21. The van der Waals surface area contributed by atoms with Crippen molar-refractivity contribution in [3.63, 3.8) is 0 Å². The van der Waals surface area contributed by atoms with E-state index in [1.165, 1.54) is 13.0 Å². The number of carbonyl (C=O) groups excluding carboxylic acids is 1. The molecule has 16 heavy (non-hydrogen) atoms. The van der Waals surface area contributed by atoms with Crippen LogP contribution in [0, 0.1) is 6.92 Å². The van der Waals surface area contributed by atoms with Gasteiger partial charge in [0.25, 0.3) is 5.91 Å². The Balaban J connectivity index is 3.30. The standard InChI is InChI=1S/C9H7ClF3NO2/c1-4-2-5(10)3-6(7(4)8(14)15)16-9(11,12)13/h2-3H,1H3,(H2,14,15). The molecular formula is C9H7ClF3NO2. The van der Waals surface area contributed by atoms with Crippen LogP contribution in [0.2, 0.25) is 5.02 Å². The van der Waals surface area contributed by atoms with Crippen molar-refractivity contribution in [2.45, 2.75) is 13.3 Å². The molecule has 0 spiro atoms. The Bertz CT molecular complexity index is 431. The predicted molar refractivity (Wildman–Crippen MR) is 51.4 cm³/mol. The second-order valence-electron chi connectivity index (χ2n) is 3.01. The zero-order valence-electron chi connectivity index (χ0n) is 8.06. The van der Waals surface area contributed by atoms with Crippen molar-refractivity contribution in [1.82, 2.24) is 0 Å². The number of primary amides is 1. The highest BCUT2D eigenvalue weighted by molar-refractivity contribution is 6.31. The minimum atomic E-state index is -4.90. The lowest BCUT2D eigenvalue weighted by Crippen LogP contribution is -2.21. The Hall–Kier alpha value is -1.43. The number of halogens is 4. The van der Waals surface area contributed by atoms with Gasteiger partial charge in [0.15, 0.2) is 0 Å². The van der Waals surface area contributed by atoms with E-state index in [4.69, 9.17) is 17.3 Å². The molecule has 0 radical (unpaired) electrons. The first kappa shape index (κ1) is 12.6. The average Bonchev–Trinajstić information content (AvgIpc) is 1.96. The Morgan fingerprint density at radius 3 is 2.44 bits per heavy atom. The van der Waals surface area contributed by atoms with Crippen LogP contribution in [0.15, 0.2) is 12.1 Å². The molecule has 0 saturated heterocycles. The second-order valence-corrected chi connectivity index (χ2v) is 3.44. The fraction of sp³-hybridized carbons (Fsp3) is 0.222. The Kier molecular flexibility index (Phi) is 3.32. The van der Waals surface area contributed by atoms with Crippen LogP contribution in [0.4, 0.5) is 13.2 Å². The van der Waals surface area contributed by atoms with Crippen molar-refractivity contribution >= 4 is 17.5 Å². The summed E-state index contributed by atoms with van der Waals surface area (Å²) in [6.07, 6.45) is -4.90. The molecule has 1 rings (SSSR count). The highest BCUT2D eigenvalue weighted by atomic mass is 35.5. The molecule has 0 aliphatic carbocycles. The minimum Gasteiger partial charge on any atom is -0.405 e. The van der Waals surface area contributed by atoms with Crippen LogP contribution < -0.4 is 10.5 Å². The van der Waals surface area contributed by atoms with Crippen LogP contribution in [0.25, 0.3) is 0 Å². The van der Waals surface area contributed by atoms with Gasteiger partial charge in [0.2, 0.25) is 0 Å². The van der Waals surface area contributed by atoms with E-state index >= 15 is 0 Å². The molecular weight excluding hydrogens is 247 g/mol. The molecule has 1 amide bonds. The molecule has 0 aliphatic heterocycles. The van der Waals surface area contributed by atoms with Crippen molar-refractivity contribution in [1.29, 1.82) is 0 Å². The van der Waals surface area contributed by atoms with Gasteiger partial charge in [-0.25, -0.2) is 0 Å². The summed E-state index contributed by atoms with van der Waals surface area (Å²) in [6.45, 7) is 1.41. The maximum absolute atomic E-state index is 12.0. The van der Waals surface area contributed by atoms with Gasteiger partial charge < -0.3 is 10.5 Å². The number of amides is 1. The summed E-state index contributed by atoms with van der Waals surface area (Å²) >= 11 is 5.56. The Labute approximate surface area is 93.9 Å². The van der Waals surface area contributed by atoms with E-state index in [0.29, 0.717) is 0 Å². The quantitative estimate of drug-likeness (QED) is 0.881. The highest BCUT2D eigenvalue weighted by Crippen LogP contribution is 2.31. The number of rotatable bonds is 2. The first-order valence-corrected chi connectivity index (χ1v) is 4.44. The third-order valence-electron chi connectivity index (χ3n) is 1.74. The van der Waals surface area contributed by atoms with E-state index in [1.54, 1.807) is 0 Å². The molecule has 0 unspecified atom stereocenters. The van der Waals surface area contributed by atoms with E-state index in [1.807, 2.05) is 0 Å². The molecule has 3 nitrogen and oxygen atoms in total. The van der Waals surface area contributed by atoms with Crippen LogP contribution in [0.1, 0.15) is 15.9 Å². The SMILES string of the molecule is Cc1cc(Cl)cc(OC(F)(F)F)c1C(N)=O. The number of alkyl halides is 3. The van der Waals surface area contributed by atoms with Crippen LogP contribution >= 0.6 is 11.6 Å². The minimum absolute atomic E-state index is 0.0294. The van der Waals surface area contributed by atoms with Crippen molar-refractivity contribution in [3.05, 3.63) is 28.3 Å². The topological polar surface area (TPSA) is 52.3 Å². The molecule has 0 bridgehead atoms. The normalized spacial score (nSPS) is 11.3. The molecule has 0 heterocycles. The van der Waals surface area contributed by atoms with Gasteiger partial charge in [-0.2, -0.15) is 0 Å². The van der Waals surface area contributed by atoms with E-state index in [-0.39, 0.29) is 16.1 Å². The summed E-state index contributed by atoms with van der Waals surface area (Å²) < 4.78 is 39.8. The van der Waals surface area contributed by atoms with E-state index in [9.17, 15) is 18.0 Å². The molecule has 7 heteroatoms. The maximum Gasteiger partial charge on any atom is 0.573 e.